The van der Waals surface area contributed by atoms with E-state index in [1.807, 2.05) is 42.5 Å². The molecule has 0 spiro atoms. The zero-order chi connectivity index (χ0) is 37.8. The van der Waals surface area contributed by atoms with Crippen molar-refractivity contribution in [3.05, 3.63) is 187 Å². The van der Waals surface area contributed by atoms with Crippen LogP contribution >= 0.6 is 0 Å². The molecule has 0 fully saturated rings. The van der Waals surface area contributed by atoms with Crippen LogP contribution in [0.3, 0.4) is 0 Å². The second kappa shape index (κ2) is 11.9. The van der Waals surface area contributed by atoms with Gasteiger partial charge < -0.3 is 13.3 Å². The summed E-state index contributed by atoms with van der Waals surface area (Å²) in [7, 11) is 0. The van der Waals surface area contributed by atoms with Gasteiger partial charge >= 0.3 is 0 Å². The first-order valence-electron chi connectivity index (χ1n) is 19.1. The molecular weight excluding hydrogens is 701 g/mol. The average Bonchev–Trinajstić information content (AvgIpc) is 4.01. The molecule has 0 amide bonds. The van der Waals surface area contributed by atoms with Gasteiger partial charge in [0, 0.05) is 54.4 Å². The Balaban J connectivity index is 1.11. The van der Waals surface area contributed by atoms with Gasteiger partial charge in [0.1, 0.15) is 39.3 Å². The van der Waals surface area contributed by atoms with Crippen LogP contribution in [0.5, 0.6) is 0 Å². The minimum absolute atomic E-state index is 0.584. The van der Waals surface area contributed by atoms with Crippen LogP contribution in [0.1, 0.15) is 16.7 Å². The molecule has 0 saturated heterocycles. The summed E-state index contributed by atoms with van der Waals surface area (Å²) in [4.78, 5) is 5.45. The number of nitrogens with zero attached hydrogens (tertiary/aromatic N) is 2. The molecule has 5 nitrogen and oxygen atoms in total. The summed E-state index contributed by atoms with van der Waals surface area (Å²) in [6.45, 7) is 6.81. The first-order valence-corrected chi connectivity index (χ1v) is 19.1. The monoisotopic (exact) mass is 732 g/mol. The number of benzene rings is 8. The summed E-state index contributed by atoms with van der Waals surface area (Å²) < 4.78 is 21.8. The SMILES string of the molecule is C=C(N=C(c1ccc2c(c1)oc1ccccc12)c1ccccc1C)n1c2ccc(-c3cccc4c3oc3ccccc34)cc2c2c3oc4ccccc4c3ccc21. The van der Waals surface area contributed by atoms with Gasteiger partial charge in [0.05, 0.1) is 22.1 Å². The normalized spacial score (nSPS) is 12.5. The first kappa shape index (κ1) is 31.7. The molecule has 4 aromatic heterocycles. The zero-order valence-corrected chi connectivity index (χ0v) is 30.9. The van der Waals surface area contributed by atoms with E-state index < -0.39 is 0 Å². The number of hydrogen-bond acceptors (Lipinski definition) is 4. The molecule has 0 radical (unpaired) electrons. The van der Waals surface area contributed by atoms with Crippen LogP contribution in [0.4, 0.5) is 0 Å². The Morgan fingerprint density at radius 3 is 1.86 bits per heavy atom. The highest BCUT2D eigenvalue weighted by Gasteiger charge is 2.22. The molecule has 0 unspecified atom stereocenters. The van der Waals surface area contributed by atoms with E-state index in [4.69, 9.17) is 24.8 Å². The van der Waals surface area contributed by atoms with Crippen LogP contribution in [0.15, 0.2) is 189 Å². The molecule has 0 aliphatic rings. The van der Waals surface area contributed by atoms with Crippen LogP contribution < -0.4 is 0 Å². The van der Waals surface area contributed by atoms with E-state index >= 15 is 0 Å². The van der Waals surface area contributed by atoms with Crippen molar-refractivity contribution < 1.29 is 13.3 Å². The Bertz CT molecular complexity index is 3680. The predicted octanol–water partition coefficient (Wildman–Crippen LogP) is 14.4. The maximum Gasteiger partial charge on any atom is 0.145 e. The molecule has 8 aromatic carbocycles. The highest BCUT2D eigenvalue weighted by atomic mass is 16.3. The lowest BCUT2D eigenvalue weighted by Crippen LogP contribution is -2.07. The van der Waals surface area contributed by atoms with Crippen LogP contribution in [0.25, 0.3) is 105 Å². The van der Waals surface area contributed by atoms with Gasteiger partial charge in [-0.3, -0.25) is 4.57 Å². The van der Waals surface area contributed by atoms with Crippen molar-refractivity contribution >= 4 is 99.2 Å². The van der Waals surface area contributed by atoms with E-state index in [0.717, 1.165) is 121 Å². The Labute approximate surface area is 326 Å². The van der Waals surface area contributed by atoms with Crippen LogP contribution in [-0.4, -0.2) is 10.3 Å². The van der Waals surface area contributed by atoms with E-state index in [1.165, 1.54) is 0 Å². The van der Waals surface area contributed by atoms with E-state index in [9.17, 15) is 0 Å². The van der Waals surface area contributed by atoms with Gasteiger partial charge in [0.2, 0.25) is 0 Å². The lowest BCUT2D eigenvalue weighted by Gasteiger charge is -2.14. The lowest BCUT2D eigenvalue weighted by atomic mass is 9.97. The van der Waals surface area contributed by atoms with Crippen molar-refractivity contribution in [3.63, 3.8) is 0 Å². The number of aromatic nitrogens is 1. The molecule has 0 saturated carbocycles. The van der Waals surface area contributed by atoms with E-state index in [-0.39, 0.29) is 0 Å². The highest BCUT2D eigenvalue weighted by Crippen LogP contribution is 2.43. The standard InChI is InChI=1S/C52H32N2O3/c1-30-12-3-4-13-34(30)50(33-22-24-39-36-14-5-8-19-45(36)55-48(39)29-33)53-31(2)54-43-26-23-32(35-17-11-18-40-37-15-6-9-20-46(37)56-51(35)40)28-42(43)49-44(54)27-25-41-38-16-7-10-21-47(38)57-52(41)49/h3-29H,2H2,1H3. The van der Waals surface area contributed by atoms with E-state index in [2.05, 4.69) is 133 Å². The fraction of sp³-hybridized carbons (Fsp3) is 0.0192. The Morgan fingerprint density at radius 2 is 1.09 bits per heavy atom. The average molecular weight is 733 g/mol. The second-order valence-electron chi connectivity index (χ2n) is 14.8. The molecule has 0 atom stereocenters. The molecule has 4 heterocycles. The quantitative estimate of drug-likeness (QED) is 0.166. The van der Waals surface area contributed by atoms with Crippen molar-refractivity contribution in [1.29, 1.82) is 0 Å². The number of furan rings is 3. The molecule has 268 valence electrons. The summed E-state index contributed by atoms with van der Waals surface area (Å²) >= 11 is 0. The largest absolute Gasteiger partial charge is 0.456 e. The second-order valence-corrected chi connectivity index (χ2v) is 14.8. The first-order chi connectivity index (χ1) is 28.1. The number of hydrogen-bond donors (Lipinski definition) is 0. The fourth-order valence-corrected chi connectivity index (χ4v) is 8.88. The van der Waals surface area contributed by atoms with E-state index in [1.54, 1.807) is 0 Å². The predicted molar refractivity (Wildman–Crippen MR) is 235 cm³/mol. The smallest absolute Gasteiger partial charge is 0.145 e. The minimum atomic E-state index is 0.584. The third-order valence-corrected chi connectivity index (χ3v) is 11.5. The van der Waals surface area contributed by atoms with Gasteiger partial charge in [-0.2, -0.15) is 0 Å². The Morgan fingerprint density at radius 1 is 0.491 bits per heavy atom. The van der Waals surface area contributed by atoms with Crippen molar-refractivity contribution in [1.82, 2.24) is 4.57 Å². The van der Waals surface area contributed by atoms with Crippen molar-refractivity contribution in [2.24, 2.45) is 4.99 Å². The van der Waals surface area contributed by atoms with Crippen molar-refractivity contribution in [2.75, 3.05) is 0 Å². The molecule has 12 rings (SSSR count). The van der Waals surface area contributed by atoms with Gasteiger partial charge in [0.25, 0.3) is 0 Å². The molecular formula is C52H32N2O3. The number of aryl methyl sites for hydroxylation is 1. The molecule has 0 N–H and O–H groups in total. The van der Waals surface area contributed by atoms with Gasteiger partial charge in [-0.1, -0.05) is 116 Å². The molecule has 0 aliphatic heterocycles. The maximum atomic E-state index is 6.72. The van der Waals surface area contributed by atoms with Crippen LogP contribution in [0, 0.1) is 6.92 Å². The van der Waals surface area contributed by atoms with Crippen molar-refractivity contribution in [2.45, 2.75) is 6.92 Å². The van der Waals surface area contributed by atoms with Gasteiger partial charge in [0.15, 0.2) is 0 Å². The Hall–Kier alpha value is -7.63. The van der Waals surface area contributed by atoms with E-state index in [0.29, 0.717) is 5.82 Å². The third kappa shape index (κ3) is 4.66. The topological polar surface area (TPSA) is 56.7 Å². The summed E-state index contributed by atoms with van der Waals surface area (Å²) in [5, 5.41) is 8.56. The lowest BCUT2D eigenvalue weighted by molar-refractivity contribution is 0.668. The number of aliphatic imine (C=N–C) groups is 1. The summed E-state index contributed by atoms with van der Waals surface area (Å²) in [5.74, 6) is 0.584. The number of para-hydroxylation sites is 4. The van der Waals surface area contributed by atoms with Crippen LogP contribution in [-0.2, 0) is 0 Å². The summed E-state index contributed by atoms with van der Waals surface area (Å²) in [5.41, 5.74) is 13.0. The maximum absolute atomic E-state index is 6.72. The van der Waals surface area contributed by atoms with Gasteiger partial charge in [-0.15, -0.1) is 0 Å². The van der Waals surface area contributed by atoms with Gasteiger partial charge in [-0.25, -0.2) is 4.99 Å². The summed E-state index contributed by atoms with van der Waals surface area (Å²) in [6, 6.07) is 56.7. The van der Waals surface area contributed by atoms with Crippen molar-refractivity contribution in [3.8, 4) is 11.1 Å². The Kier molecular flexibility index (Phi) is 6.64. The number of fused-ring (bicyclic) bond motifs is 13. The molecule has 12 aromatic rings. The summed E-state index contributed by atoms with van der Waals surface area (Å²) in [6.07, 6.45) is 0. The minimum Gasteiger partial charge on any atom is -0.456 e. The number of rotatable bonds is 5. The fourth-order valence-electron chi connectivity index (χ4n) is 8.88. The third-order valence-electron chi connectivity index (χ3n) is 11.5. The molecule has 0 aliphatic carbocycles. The molecule has 0 bridgehead atoms. The molecule has 5 heteroatoms. The zero-order valence-electron chi connectivity index (χ0n) is 30.9. The molecule has 57 heavy (non-hydrogen) atoms. The van der Waals surface area contributed by atoms with Gasteiger partial charge in [-0.05, 0) is 72.6 Å². The highest BCUT2D eigenvalue weighted by molar-refractivity contribution is 6.25. The van der Waals surface area contributed by atoms with Crippen LogP contribution in [0.2, 0.25) is 0 Å².